The zero-order valence-electron chi connectivity index (χ0n) is 16.5. The predicted molar refractivity (Wildman–Crippen MR) is 117 cm³/mol. The number of nitrogens with zero attached hydrogens (tertiary/aromatic N) is 1. The summed E-state index contributed by atoms with van der Waals surface area (Å²) in [5.74, 6) is -0.0662. The highest BCUT2D eigenvalue weighted by atomic mass is 32.2. The largest absolute Gasteiger partial charge is 0.349 e. The van der Waals surface area contributed by atoms with Crippen molar-refractivity contribution in [3.63, 3.8) is 0 Å². The number of fused-ring (bicyclic) bond motifs is 1. The van der Waals surface area contributed by atoms with E-state index in [0.717, 1.165) is 26.1 Å². The van der Waals surface area contributed by atoms with Gasteiger partial charge in [0.1, 0.15) is 0 Å². The van der Waals surface area contributed by atoms with Gasteiger partial charge in [0, 0.05) is 23.8 Å². The maximum absolute atomic E-state index is 12.8. The van der Waals surface area contributed by atoms with Crippen LogP contribution in [0.3, 0.4) is 0 Å². The zero-order chi connectivity index (χ0) is 20.6. The number of thiophene rings is 1. The van der Waals surface area contributed by atoms with Gasteiger partial charge in [0.05, 0.1) is 9.77 Å². The Kier molecular flexibility index (Phi) is 5.46. The third-order valence-electron chi connectivity index (χ3n) is 5.50. The molecule has 1 aliphatic heterocycles. The van der Waals surface area contributed by atoms with Crippen LogP contribution in [0.4, 0.5) is 0 Å². The predicted octanol–water partition coefficient (Wildman–Crippen LogP) is 4.10. The average molecular weight is 429 g/mol. The molecule has 29 heavy (non-hydrogen) atoms. The van der Waals surface area contributed by atoms with Crippen LogP contribution in [-0.4, -0.2) is 37.8 Å². The number of sulfonamides is 1. The van der Waals surface area contributed by atoms with Crippen molar-refractivity contribution >= 4 is 37.4 Å². The maximum Gasteiger partial charge on any atom is 0.261 e. The molecule has 1 amide bonds. The summed E-state index contributed by atoms with van der Waals surface area (Å²) in [4.78, 5) is 13.9. The smallest absolute Gasteiger partial charge is 0.261 e. The Hall–Kier alpha value is -2.22. The Morgan fingerprint density at radius 1 is 1.03 bits per heavy atom. The average Bonchev–Trinajstić information content (AvgIpc) is 3.06. The summed E-state index contributed by atoms with van der Waals surface area (Å²) < 4.78 is 28.3. The molecule has 0 unspecified atom stereocenters. The summed E-state index contributed by atoms with van der Waals surface area (Å²) in [6, 6.07) is 14.9. The Labute approximate surface area is 175 Å². The van der Waals surface area contributed by atoms with Gasteiger partial charge >= 0.3 is 0 Å². The van der Waals surface area contributed by atoms with Gasteiger partial charge in [0.25, 0.3) is 5.91 Å². The van der Waals surface area contributed by atoms with Gasteiger partial charge < -0.3 is 5.32 Å². The first-order chi connectivity index (χ1) is 13.9. The van der Waals surface area contributed by atoms with Crippen LogP contribution >= 0.6 is 11.3 Å². The van der Waals surface area contributed by atoms with Gasteiger partial charge in [-0.05, 0) is 55.8 Å². The Balaban J connectivity index is 1.41. The molecule has 1 aliphatic rings. The summed E-state index contributed by atoms with van der Waals surface area (Å²) in [6.45, 7) is 4.73. The monoisotopic (exact) mass is 428 g/mol. The number of hydrogen-bond donors (Lipinski definition) is 1. The van der Waals surface area contributed by atoms with Crippen molar-refractivity contribution in [2.75, 3.05) is 13.1 Å². The summed E-state index contributed by atoms with van der Waals surface area (Å²) in [5, 5.41) is 4.22. The highest BCUT2D eigenvalue weighted by molar-refractivity contribution is 7.89. The molecular weight excluding hydrogens is 404 g/mol. The number of piperidine rings is 1. The van der Waals surface area contributed by atoms with Crippen LogP contribution in [0, 0.1) is 13.8 Å². The van der Waals surface area contributed by atoms with E-state index in [0.29, 0.717) is 30.8 Å². The van der Waals surface area contributed by atoms with E-state index in [9.17, 15) is 13.2 Å². The van der Waals surface area contributed by atoms with Crippen molar-refractivity contribution in [3.8, 4) is 0 Å². The molecule has 1 aromatic heterocycles. The minimum atomic E-state index is -3.48. The van der Waals surface area contributed by atoms with Crippen molar-refractivity contribution in [2.24, 2.45) is 0 Å². The molecule has 0 bridgehead atoms. The standard InChI is InChI=1S/C22H24N2O3S2/c1-15-7-9-18(10-8-15)29(26,27)24-13-11-17(12-14-24)23-22(25)21-16(2)19-5-3-4-6-20(19)28-21/h3-10,17H,11-14H2,1-2H3,(H,23,25). The Bertz CT molecular complexity index is 1140. The van der Waals surface area contributed by atoms with Crippen LogP contribution in [0.25, 0.3) is 10.1 Å². The molecule has 1 saturated heterocycles. The molecule has 0 atom stereocenters. The lowest BCUT2D eigenvalue weighted by Gasteiger charge is -2.31. The molecule has 0 aliphatic carbocycles. The number of carbonyl (C=O) groups excluding carboxylic acids is 1. The molecule has 0 spiro atoms. The van der Waals surface area contributed by atoms with E-state index in [1.807, 2.05) is 50.2 Å². The van der Waals surface area contributed by atoms with E-state index in [4.69, 9.17) is 0 Å². The minimum Gasteiger partial charge on any atom is -0.349 e. The molecule has 2 heterocycles. The summed E-state index contributed by atoms with van der Waals surface area (Å²) in [5.41, 5.74) is 2.03. The molecule has 2 aromatic carbocycles. The van der Waals surface area contributed by atoms with E-state index >= 15 is 0 Å². The number of aryl methyl sites for hydroxylation is 2. The normalized spacial score (nSPS) is 16.2. The molecule has 1 N–H and O–H groups in total. The zero-order valence-corrected chi connectivity index (χ0v) is 18.1. The van der Waals surface area contributed by atoms with Crippen molar-refractivity contribution in [1.82, 2.24) is 9.62 Å². The van der Waals surface area contributed by atoms with E-state index in [1.165, 1.54) is 15.6 Å². The number of hydrogen-bond acceptors (Lipinski definition) is 4. The molecule has 0 saturated carbocycles. The van der Waals surface area contributed by atoms with E-state index in [-0.39, 0.29) is 11.9 Å². The highest BCUT2D eigenvalue weighted by Crippen LogP contribution is 2.31. The van der Waals surface area contributed by atoms with Crippen LogP contribution in [0.2, 0.25) is 0 Å². The third-order valence-corrected chi connectivity index (χ3v) is 8.68. The first-order valence-corrected chi connectivity index (χ1v) is 12.0. The minimum absolute atomic E-state index is 0.0171. The highest BCUT2D eigenvalue weighted by Gasteiger charge is 2.30. The molecule has 1 fully saturated rings. The van der Waals surface area contributed by atoms with Gasteiger partial charge in [0.2, 0.25) is 10.0 Å². The lowest BCUT2D eigenvalue weighted by atomic mass is 10.1. The Morgan fingerprint density at radius 2 is 1.69 bits per heavy atom. The molecule has 3 aromatic rings. The van der Waals surface area contributed by atoms with E-state index in [2.05, 4.69) is 5.32 Å². The van der Waals surface area contributed by atoms with Gasteiger partial charge in [-0.25, -0.2) is 8.42 Å². The molecule has 0 radical (unpaired) electrons. The van der Waals surface area contributed by atoms with Crippen molar-refractivity contribution in [3.05, 3.63) is 64.5 Å². The fourth-order valence-corrected chi connectivity index (χ4v) is 6.32. The number of nitrogens with one attached hydrogen (secondary N) is 1. The quantitative estimate of drug-likeness (QED) is 0.680. The van der Waals surface area contributed by atoms with Gasteiger partial charge in [0.15, 0.2) is 0 Å². The van der Waals surface area contributed by atoms with E-state index in [1.54, 1.807) is 12.1 Å². The topological polar surface area (TPSA) is 66.5 Å². The summed E-state index contributed by atoms with van der Waals surface area (Å²) >= 11 is 1.51. The van der Waals surface area contributed by atoms with Gasteiger partial charge in [-0.2, -0.15) is 4.31 Å². The van der Waals surface area contributed by atoms with Crippen LogP contribution in [0.15, 0.2) is 53.4 Å². The maximum atomic E-state index is 12.8. The summed E-state index contributed by atoms with van der Waals surface area (Å²) in [7, 11) is -3.48. The third kappa shape index (κ3) is 3.95. The second-order valence-corrected chi connectivity index (χ2v) is 10.5. The Morgan fingerprint density at radius 3 is 2.34 bits per heavy atom. The van der Waals surface area contributed by atoms with Crippen LogP contribution in [-0.2, 0) is 10.0 Å². The van der Waals surface area contributed by atoms with Crippen molar-refractivity contribution in [1.29, 1.82) is 0 Å². The number of amides is 1. The second-order valence-electron chi connectivity index (χ2n) is 7.52. The first-order valence-electron chi connectivity index (χ1n) is 9.72. The lowest BCUT2D eigenvalue weighted by molar-refractivity contribution is 0.0927. The van der Waals surface area contributed by atoms with Crippen LogP contribution in [0.1, 0.15) is 33.6 Å². The van der Waals surface area contributed by atoms with Gasteiger partial charge in [-0.15, -0.1) is 11.3 Å². The molecule has 7 heteroatoms. The number of carbonyl (C=O) groups is 1. The lowest BCUT2D eigenvalue weighted by Crippen LogP contribution is -2.46. The van der Waals surface area contributed by atoms with Gasteiger partial charge in [-0.1, -0.05) is 35.9 Å². The van der Waals surface area contributed by atoms with Crippen LogP contribution in [0.5, 0.6) is 0 Å². The first kappa shape index (κ1) is 20.1. The molecule has 4 rings (SSSR count). The van der Waals surface area contributed by atoms with Gasteiger partial charge in [-0.3, -0.25) is 4.79 Å². The van der Waals surface area contributed by atoms with Crippen molar-refractivity contribution < 1.29 is 13.2 Å². The fraction of sp³-hybridized carbons (Fsp3) is 0.318. The van der Waals surface area contributed by atoms with E-state index < -0.39 is 10.0 Å². The molecular formula is C22H24N2O3S2. The fourth-order valence-electron chi connectivity index (χ4n) is 3.74. The SMILES string of the molecule is Cc1ccc(S(=O)(=O)N2CCC(NC(=O)c3sc4ccccc4c3C)CC2)cc1. The molecule has 152 valence electrons. The van der Waals surface area contributed by atoms with Crippen LogP contribution < -0.4 is 5.32 Å². The second kappa shape index (κ2) is 7.89. The number of rotatable bonds is 4. The molecule has 5 nitrogen and oxygen atoms in total. The summed E-state index contributed by atoms with van der Waals surface area (Å²) in [6.07, 6.45) is 1.22. The number of benzene rings is 2. The van der Waals surface area contributed by atoms with Crippen molar-refractivity contribution in [2.45, 2.75) is 37.6 Å².